The van der Waals surface area contributed by atoms with Crippen molar-refractivity contribution in [1.29, 1.82) is 0 Å². The molecule has 1 aromatic rings. The first-order valence-corrected chi connectivity index (χ1v) is 4.74. The van der Waals surface area contributed by atoms with Crippen LogP contribution in [0.1, 0.15) is 12.0 Å². The maximum Gasteiger partial charge on any atom is -0.0163 e. The van der Waals surface area contributed by atoms with Gasteiger partial charge in [-0.15, -0.1) is 0 Å². The minimum atomic E-state index is 1.09. The topological polar surface area (TPSA) is 0 Å². The van der Waals surface area contributed by atoms with Gasteiger partial charge in [-0.1, -0.05) is 36.9 Å². The third-order valence-electron chi connectivity index (χ3n) is 1.53. The number of halogens is 1. The van der Waals surface area contributed by atoms with Crippen LogP contribution in [0.5, 0.6) is 0 Å². The normalized spacial score (nSPS) is 9.55. The molecular weight excluding hydrogens is 247 g/mol. The fourth-order valence-corrected chi connectivity index (χ4v) is 1.19. The largest absolute Gasteiger partial charge is 0.0897 e. The monoisotopic (exact) mass is 258 g/mol. The van der Waals surface area contributed by atoms with Crippen molar-refractivity contribution < 1.29 is 0 Å². The minimum Gasteiger partial charge on any atom is -0.0897 e. The molecule has 0 atom stereocenters. The summed E-state index contributed by atoms with van der Waals surface area (Å²) in [5.41, 5.74) is 1.39. The highest BCUT2D eigenvalue weighted by atomic mass is 127. The number of allylic oxidation sites excluding steroid dienone is 1. The quantitative estimate of drug-likeness (QED) is 0.727. The smallest absolute Gasteiger partial charge is 0.0163 e. The third-order valence-corrected chi connectivity index (χ3v) is 2.07. The van der Waals surface area contributed by atoms with Crippen molar-refractivity contribution in [3.05, 3.63) is 46.1 Å². The van der Waals surface area contributed by atoms with Crippen LogP contribution in [0.15, 0.2) is 40.5 Å². The molecule has 0 unspecified atom stereocenters. The van der Waals surface area contributed by atoms with Crippen molar-refractivity contribution in [2.24, 2.45) is 0 Å². The van der Waals surface area contributed by atoms with E-state index in [9.17, 15) is 0 Å². The van der Waals surface area contributed by atoms with Crippen LogP contribution in [0.2, 0.25) is 0 Å². The molecule has 1 heteroatoms. The highest BCUT2D eigenvalue weighted by molar-refractivity contribution is 14.1. The lowest BCUT2D eigenvalue weighted by molar-refractivity contribution is 0.999. The summed E-state index contributed by atoms with van der Waals surface area (Å²) < 4.78 is 1.23. The molecule has 0 bridgehead atoms. The molecule has 0 nitrogen and oxygen atoms in total. The summed E-state index contributed by atoms with van der Waals surface area (Å²) in [4.78, 5) is 0. The van der Waals surface area contributed by atoms with E-state index in [-0.39, 0.29) is 0 Å². The Hall–Kier alpha value is -0.310. The summed E-state index contributed by atoms with van der Waals surface area (Å²) in [5.74, 6) is 0. The average Bonchev–Trinajstić information content (AvgIpc) is 2.03. The van der Waals surface area contributed by atoms with Gasteiger partial charge in [-0.25, -0.2) is 0 Å². The van der Waals surface area contributed by atoms with Gasteiger partial charge in [0.1, 0.15) is 0 Å². The predicted molar refractivity (Wildman–Crippen MR) is 57.9 cm³/mol. The number of rotatable bonds is 3. The van der Waals surface area contributed by atoms with E-state index >= 15 is 0 Å². The highest BCUT2D eigenvalue weighted by Gasteiger charge is 1.91. The molecule has 0 aliphatic rings. The summed E-state index contributed by atoms with van der Waals surface area (Å²) in [6, 6.07) is 10.5. The van der Waals surface area contributed by atoms with Gasteiger partial charge in [-0.05, 0) is 44.6 Å². The summed E-state index contributed by atoms with van der Waals surface area (Å²) in [7, 11) is 0. The predicted octanol–water partition coefficient (Wildman–Crippen LogP) is 3.57. The van der Waals surface area contributed by atoms with Gasteiger partial charge in [-0.2, -0.15) is 0 Å². The van der Waals surface area contributed by atoms with Crippen LogP contribution < -0.4 is 0 Å². The molecule has 0 saturated carbocycles. The fraction of sp³-hybridized carbons (Fsp3) is 0.200. The van der Waals surface area contributed by atoms with E-state index in [0.717, 1.165) is 12.8 Å². The van der Waals surface area contributed by atoms with Crippen molar-refractivity contribution in [2.75, 3.05) is 0 Å². The number of hydrogen-bond acceptors (Lipinski definition) is 0. The molecule has 0 aliphatic carbocycles. The molecule has 0 heterocycles. The van der Waals surface area contributed by atoms with E-state index in [1.165, 1.54) is 9.14 Å². The summed E-state index contributed by atoms with van der Waals surface area (Å²) in [6.45, 7) is 3.86. The Kier molecular flexibility index (Phi) is 3.63. The molecule has 0 N–H and O–H groups in total. The second-order valence-corrected chi connectivity index (χ2v) is 4.03. The van der Waals surface area contributed by atoms with E-state index < -0.39 is 0 Å². The zero-order valence-corrected chi connectivity index (χ0v) is 8.54. The second-order valence-electron chi connectivity index (χ2n) is 2.50. The summed E-state index contributed by atoms with van der Waals surface area (Å²) >= 11 is 2.27. The molecule has 1 rings (SSSR count). The fourth-order valence-electron chi connectivity index (χ4n) is 0.925. The van der Waals surface area contributed by atoms with Gasteiger partial charge in [0.05, 0.1) is 0 Å². The van der Waals surface area contributed by atoms with E-state index in [1.807, 2.05) is 6.07 Å². The van der Waals surface area contributed by atoms with E-state index in [1.54, 1.807) is 0 Å². The SMILES string of the molecule is C=C(I)CCc1ccccc1. The van der Waals surface area contributed by atoms with Crippen molar-refractivity contribution in [1.82, 2.24) is 0 Å². The maximum absolute atomic E-state index is 3.86. The first kappa shape index (κ1) is 8.78. The average molecular weight is 258 g/mol. The Balaban J connectivity index is 2.45. The van der Waals surface area contributed by atoms with Crippen molar-refractivity contribution >= 4 is 22.6 Å². The maximum atomic E-state index is 3.86. The summed E-state index contributed by atoms with van der Waals surface area (Å²) in [5, 5.41) is 0. The van der Waals surface area contributed by atoms with Crippen LogP contribution in [0.3, 0.4) is 0 Å². The van der Waals surface area contributed by atoms with Gasteiger partial charge < -0.3 is 0 Å². The molecule has 0 aliphatic heterocycles. The van der Waals surface area contributed by atoms with Gasteiger partial charge in [0.2, 0.25) is 0 Å². The lowest BCUT2D eigenvalue weighted by Crippen LogP contribution is -1.82. The minimum absolute atomic E-state index is 1.09. The molecule has 0 aromatic heterocycles. The van der Waals surface area contributed by atoms with E-state index in [0.29, 0.717) is 0 Å². The van der Waals surface area contributed by atoms with E-state index in [4.69, 9.17) is 0 Å². The molecule has 11 heavy (non-hydrogen) atoms. The van der Waals surface area contributed by atoms with Gasteiger partial charge in [-0.3, -0.25) is 0 Å². The molecule has 0 fully saturated rings. The van der Waals surface area contributed by atoms with Crippen molar-refractivity contribution in [3.8, 4) is 0 Å². The Morgan fingerprint density at radius 2 is 1.91 bits per heavy atom. The molecule has 0 radical (unpaired) electrons. The Labute approximate surface area is 81.5 Å². The lowest BCUT2D eigenvalue weighted by Gasteiger charge is -1.97. The van der Waals surface area contributed by atoms with Crippen LogP contribution in [0, 0.1) is 0 Å². The third kappa shape index (κ3) is 3.56. The second kappa shape index (κ2) is 4.54. The first-order valence-electron chi connectivity index (χ1n) is 3.66. The van der Waals surface area contributed by atoms with Crippen molar-refractivity contribution in [2.45, 2.75) is 12.8 Å². The lowest BCUT2D eigenvalue weighted by atomic mass is 10.1. The van der Waals surface area contributed by atoms with Gasteiger partial charge in [0.25, 0.3) is 0 Å². The molecular formula is C10H11I. The van der Waals surface area contributed by atoms with Crippen LogP contribution in [0.4, 0.5) is 0 Å². The first-order chi connectivity index (χ1) is 5.29. The number of benzene rings is 1. The number of hydrogen-bond donors (Lipinski definition) is 0. The molecule has 0 spiro atoms. The van der Waals surface area contributed by atoms with Gasteiger partial charge >= 0.3 is 0 Å². The van der Waals surface area contributed by atoms with Crippen LogP contribution in [-0.4, -0.2) is 0 Å². The molecule has 0 amide bonds. The standard InChI is InChI=1S/C10H11I/c1-9(11)7-8-10-5-3-2-4-6-10/h2-6H,1,7-8H2. The molecule has 0 saturated heterocycles. The van der Waals surface area contributed by atoms with Crippen molar-refractivity contribution in [3.63, 3.8) is 0 Å². The highest BCUT2D eigenvalue weighted by Crippen LogP contribution is 2.12. The van der Waals surface area contributed by atoms with Crippen LogP contribution in [-0.2, 0) is 6.42 Å². The van der Waals surface area contributed by atoms with E-state index in [2.05, 4.69) is 53.4 Å². The Morgan fingerprint density at radius 1 is 1.27 bits per heavy atom. The van der Waals surface area contributed by atoms with Gasteiger partial charge in [0, 0.05) is 0 Å². The molecule has 58 valence electrons. The van der Waals surface area contributed by atoms with Gasteiger partial charge in [0.15, 0.2) is 0 Å². The van der Waals surface area contributed by atoms with Crippen LogP contribution in [0.25, 0.3) is 0 Å². The number of aryl methyl sites for hydroxylation is 1. The Morgan fingerprint density at radius 3 is 2.45 bits per heavy atom. The Bertz CT molecular complexity index is 226. The zero-order chi connectivity index (χ0) is 8.10. The summed E-state index contributed by atoms with van der Waals surface area (Å²) in [6.07, 6.45) is 2.20. The zero-order valence-electron chi connectivity index (χ0n) is 6.39. The van der Waals surface area contributed by atoms with Crippen LogP contribution >= 0.6 is 22.6 Å². The molecule has 1 aromatic carbocycles.